The molecule has 1 aromatic carbocycles. The van der Waals surface area contributed by atoms with Crippen LogP contribution < -0.4 is 10.6 Å². The van der Waals surface area contributed by atoms with Crippen molar-refractivity contribution in [3.63, 3.8) is 0 Å². The maximum atomic E-state index is 12.8. The van der Waals surface area contributed by atoms with Crippen molar-refractivity contribution in [3.05, 3.63) is 36.4 Å². The van der Waals surface area contributed by atoms with E-state index in [1.807, 2.05) is 41.1 Å². The fourth-order valence-corrected chi connectivity index (χ4v) is 4.04. The third-order valence-electron chi connectivity index (χ3n) is 5.65. The van der Waals surface area contributed by atoms with Gasteiger partial charge in [-0.1, -0.05) is 30.3 Å². The summed E-state index contributed by atoms with van der Waals surface area (Å²) in [5.41, 5.74) is 2.22. The van der Waals surface area contributed by atoms with Crippen LogP contribution in [0, 0.1) is 11.3 Å². The number of hydrogen-bond acceptors (Lipinski definition) is 3. The third-order valence-corrected chi connectivity index (χ3v) is 5.65. The highest BCUT2D eigenvalue weighted by Gasteiger charge is 2.57. The monoisotopic (exact) mass is 374 g/mol. The fraction of sp³-hybridized carbons (Fsp3) is 0.500. The first-order valence-electron chi connectivity index (χ1n) is 9.26. The Balaban J connectivity index is 0.00000196. The molecule has 0 bridgehead atoms. The maximum Gasteiger partial charge on any atom is 0.229 e. The van der Waals surface area contributed by atoms with E-state index in [1.165, 1.54) is 0 Å². The highest BCUT2D eigenvalue weighted by Crippen LogP contribution is 2.58. The first-order chi connectivity index (χ1) is 12.1. The van der Waals surface area contributed by atoms with Crippen molar-refractivity contribution < 1.29 is 4.79 Å². The van der Waals surface area contributed by atoms with E-state index >= 15 is 0 Å². The van der Waals surface area contributed by atoms with Gasteiger partial charge in [0.15, 0.2) is 0 Å². The number of anilines is 1. The van der Waals surface area contributed by atoms with Crippen molar-refractivity contribution in [1.29, 1.82) is 0 Å². The lowest BCUT2D eigenvalue weighted by Gasteiger charge is -2.23. The summed E-state index contributed by atoms with van der Waals surface area (Å²) < 4.78 is 1.91. The number of nitrogens with zero attached hydrogens (tertiary/aromatic N) is 2. The number of rotatable bonds is 4. The molecular weight excluding hydrogens is 348 g/mol. The number of carbonyl (C=O) groups is 1. The second kappa shape index (κ2) is 7.41. The fourth-order valence-electron chi connectivity index (χ4n) is 4.04. The minimum Gasteiger partial charge on any atom is -0.317 e. The van der Waals surface area contributed by atoms with Crippen LogP contribution in [0.1, 0.15) is 39.2 Å². The van der Waals surface area contributed by atoms with E-state index in [1.54, 1.807) is 0 Å². The molecule has 26 heavy (non-hydrogen) atoms. The van der Waals surface area contributed by atoms with Crippen LogP contribution in [-0.4, -0.2) is 28.8 Å². The van der Waals surface area contributed by atoms with Gasteiger partial charge in [-0.25, -0.2) is 4.68 Å². The van der Waals surface area contributed by atoms with Gasteiger partial charge >= 0.3 is 0 Å². The Morgan fingerprint density at radius 1 is 1.27 bits per heavy atom. The van der Waals surface area contributed by atoms with Gasteiger partial charge in [-0.3, -0.25) is 4.79 Å². The Morgan fingerprint density at radius 2 is 1.96 bits per heavy atom. The van der Waals surface area contributed by atoms with Crippen LogP contribution in [0.25, 0.3) is 11.3 Å². The van der Waals surface area contributed by atoms with E-state index in [2.05, 4.69) is 24.5 Å². The molecule has 1 saturated heterocycles. The average Bonchev–Trinajstić information content (AvgIpc) is 3.14. The van der Waals surface area contributed by atoms with E-state index < -0.39 is 0 Å². The maximum absolute atomic E-state index is 12.8. The van der Waals surface area contributed by atoms with Crippen LogP contribution in [-0.2, 0) is 4.79 Å². The first kappa shape index (κ1) is 18.9. The van der Waals surface area contributed by atoms with Crippen LogP contribution in [0.15, 0.2) is 36.4 Å². The summed E-state index contributed by atoms with van der Waals surface area (Å²) in [6, 6.07) is 12.3. The molecule has 1 unspecified atom stereocenters. The highest BCUT2D eigenvalue weighted by molar-refractivity contribution is 5.95. The smallest absolute Gasteiger partial charge is 0.229 e. The number of aromatic nitrogens is 2. The topological polar surface area (TPSA) is 59.0 Å². The largest absolute Gasteiger partial charge is 0.317 e. The Labute approximate surface area is 161 Å². The molecule has 2 aromatic rings. The third kappa shape index (κ3) is 3.51. The predicted molar refractivity (Wildman–Crippen MR) is 107 cm³/mol. The SMILES string of the molecule is CC(C)n1nc(-c2ccccc2)cc1NC(=O)C1CC12CCNCC2.Cl. The van der Waals surface area contributed by atoms with Gasteiger partial charge in [0.1, 0.15) is 5.82 Å². The first-order valence-corrected chi connectivity index (χ1v) is 9.26. The number of amides is 1. The molecule has 1 atom stereocenters. The van der Waals surface area contributed by atoms with Gasteiger partial charge < -0.3 is 10.6 Å². The Kier molecular flexibility index (Phi) is 5.39. The van der Waals surface area contributed by atoms with Gasteiger partial charge in [0.25, 0.3) is 0 Å². The molecule has 1 amide bonds. The highest BCUT2D eigenvalue weighted by atomic mass is 35.5. The molecule has 1 aliphatic carbocycles. The molecule has 2 aliphatic rings. The summed E-state index contributed by atoms with van der Waals surface area (Å²) in [6.45, 7) is 6.24. The van der Waals surface area contributed by atoms with E-state index in [9.17, 15) is 4.79 Å². The zero-order valence-electron chi connectivity index (χ0n) is 15.4. The van der Waals surface area contributed by atoms with Crippen molar-refractivity contribution in [3.8, 4) is 11.3 Å². The quantitative estimate of drug-likeness (QED) is 0.853. The van der Waals surface area contributed by atoms with Crippen LogP contribution in [0.2, 0.25) is 0 Å². The van der Waals surface area contributed by atoms with Crippen LogP contribution in [0.4, 0.5) is 5.82 Å². The van der Waals surface area contributed by atoms with Gasteiger partial charge in [0.2, 0.25) is 5.91 Å². The minimum absolute atomic E-state index is 0. The standard InChI is InChI=1S/C20H26N4O.ClH/c1-14(2)24-18(12-17(23-24)15-6-4-3-5-7-15)22-19(25)16-13-20(16)8-10-21-11-9-20;/h3-7,12,14,16,21H,8-11,13H2,1-2H3,(H,22,25);1H. The Hall–Kier alpha value is -1.85. The number of benzene rings is 1. The van der Waals surface area contributed by atoms with Crippen molar-refractivity contribution in [1.82, 2.24) is 15.1 Å². The molecule has 2 heterocycles. The zero-order valence-corrected chi connectivity index (χ0v) is 16.2. The lowest BCUT2D eigenvalue weighted by atomic mass is 9.92. The molecule has 1 aromatic heterocycles. The summed E-state index contributed by atoms with van der Waals surface area (Å²) in [4.78, 5) is 12.8. The van der Waals surface area contributed by atoms with Gasteiger partial charge in [-0.15, -0.1) is 12.4 Å². The van der Waals surface area contributed by atoms with Gasteiger partial charge in [-0.2, -0.15) is 5.10 Å². The minimum atomic E-state index is 0. The molecular formula is C20H27ClN4O. The van der Waals surface area contributed by atoms with Crippen LogP contribution >= 0.6 is 12.4 Å². The summed E-state index contributed by atoms with van der Waals surface area (Å²) >= 11 is 0. The average molecular weight is 375 g/mol. The molecule has 2 fully saturated rings. The van der Waals surface area contributed by atoms with E-state index in [4.69, 9.17) is 5.10 Å². The van der Waals surface area contributed by atoms with Crippen molar-refractivity contribution in [2.24, 2.45) is 11.3 Å². The summed E-state index contributed by atoms with van der Waals surface area (Å²) in [6.07, 6.45) is 3.26. The van der Waals surface area contributed by atoms with Crippen LogP contribution in [0.5, 0.6) is 0 Å². The second-order valence-corrected chi connectivity index (χ2v) is 7.68. The van der Waals surface area contributed by atoms with Crippen LogP contribution in [0.3, 0.4) is 0 Å². The van der Waals surface area contributed by atoms with E-state index in [-0.39, 0.29) is 35.7 Å². The Bertz CT molecular complexity index is 765. The predicted octanol–water partition coefficient (Wildman–Crippen LogP) is 3.88. The molecule has 4 rings (SSSR count). The number of piperidine rings is 1. The number of halogens is 1. The Morgan fingerprint density at radius 3 is 2.62 bits per heavy atom. The molecule has 5 nitrogen and oxygen atoms in total. The van der Waals surface area contributed by atoms with E-state index in [0.717, 1.165) is 49.4 Å². The van der Waals surface area contributed by atoms with Crippen molar-refractivity contribution in [2.45, 2.75) is 39.2 Å². The van der Waals surface area contributed by atoms with Gasteiger partial charge in [0, 0.05) is 23.6 Å². The van der Waals surface area contributed by atoms with Crippen molar-refractivity contribution >= 4 is 24.1 Å². The lowest BCUT2D eigenvalue weighted by molar-refractivity contribution is -0.118. The molecule has 1 aliphatic heterocycles. The summed E-state index contributed by atoms with van der Waals surface area (Å²) in [5.74, 6) is 1.11. The number of hydrogen-bond donors (Lipinski definition) is 2. The molecule has 6 heteroatoms. The lowest BCUT2D eigenvalue weighted by Crippen LogP contribution is -2.32. The normalized spacial score (nSPS) is 20.7. The second-order valence-electron chi connectivity index (χ2n) is 7.68. The molecule has 1 saturated carbocycles. The zero-order chi connectivity index (χ0) is 17.4. The summed E-state index contributed by atoms with van der Waals surface area (Å²) in [5, 5.41) is 11.3. The molecule has 1 spiro atoms. The van der Waals surface area contributed by atoms with Crippen molar-refractivity contribution in [2.75, 3.05) is 18.4 Å². The molecule has 0 radical (unpaired) electrons. The number of carbonyl (C=O) groups excluding carboxylic acids is 1. The molecule has 2 N–H and O–H groups in total. The summed E-state index contributed by atoms with van der Waals surface area (Å²) in [7, 11) is 0. The van der Waals surface area contributed by atoms with Gasteiger partial charge in [-0.05, 0) is 51.6 Å². The van der Waals surface area contributed by atoms with E-state index in [0.29, 0.717) is 0 Å². The van der Waals surface area contributed by atoms with Gasteiger partial charge in [0.05, 0.1) is 5.69 Å². The molecule has 140 valence electrons. The number of nitrogens with one attached hydrogen (secondary N) is 2.